The van der Waals surface area contributed by atoms with Crippen LogP contribution in [-0.2, 0) is 6.54 Å². The first kappa shape index (κ1) is 15.8. The van der Waals surface area contributed by atoms with Gasteiger partial charge in [-0.3, -0.25) is 15.0 Å². The van der Waals surface area contributed by atoms with Crippen molar-refractivity contribution in [2.45, 2.75) is 6.54 Å². The molecule has 2 aromatic carbocycles. The van der Waals surface area contributed by atoms with Crippen molar-refractivity contribution in [2.75, 3.05) is 12.4 Å². The Morgan fingerprint density at radius 3 is 2.71 bits per heavy atom. The molecular formula is C18H17N3O3. The van der Waals surface area contributed by atoms with E-state index in [1.165, 1.54) is 0 Å². The highest BCUT2D eigenvalue weighted by molar-refractivity contribution is 5.93. The van der Waals surface area contributed by atoms with Crippen LogP contribution in [0.5, 0.6) is 5.75 Å². The molecule has 0 radical (unpaired) electrons. The van der Waals surface area contributed by atoms with Crippen molar-refractivity contribution >= 4 is 22.5 Å². The maximum absolute atomic E-state index is 11.3. The van der Waals surface area contributed by atoms with Crippen LogP contribution in [0.15, 0.2) is 54.7 Å². The van der Waals surface area contributed by atoms with E-state index in [2.05, 4.69) is 10.3 Å². The van der Waals surface area contributed by atoms with E-state index < -0.39 is 5.91 Å². The number of pyridine rings is 1. The van der Waals surface area contributed by atoms with Crippen molar-refractivity contribution in [1.29, 1.82) is 0 Å². The Morgan fingerprint density at radius 1 is 1.21 bits per heavy atom. The number of amides is 1. The zero-order valence-corrected chi connectivity index (χ0v) is 13.1. The number of methoxy groups -OCH3 is 1. The van der Waals surface area contributed by atoms with Crippen LogP contribution < -0.4 is 15.5 Å². The summed E-state index contributed by atoms with van der Waals surface area (Å²) >= 11 is 0. The van der Waals surface area contributed by atoms with Crippen LogP contribution in [0.25, 0.3) is 10.9 Å². The molecule has 6 heteroatoms. The minimum Gasteiger partial charge on any atom is -0.497 e. The van der Waals surface area contributed by atoms with Crippen molar-refractivity contribution in [1.82, 2.24) is 10.5 Å². The second kappa shape index (κ2) is 6.97. The normalized spacial score (nSPS) is 10.4. The van der Waals surface area contributed by atoms with Crippen LogP contribution in [0, 0.1) is 0 Å². The fraction of sp³-hybridized carbons (Fsp3) is 0.111. The lowest BCUT2D eigenvalue weighted by molar-refractivity contribution is 0.0706. The topological polar surface area (TPSA) is 83.5 Å². The van der Waals surface area contributed by atoms with Gasteiger partial charge in [-0.25, -0.2) is 5.48 Å². The maximum atomic E-state index is 11.3. The van der Waals surface area contributed by atoms with Crippen molar-refractivity contribution in [3.05, 3.63) is 65.9 Å². The summed E-state index contributed by atoms with van der Waals surface area (Å²) in [5.41, 5.74) is 4.76. The molecule has 0 spiro atoms. The van der Waals surface area contributed by atoms with Gasteiger partial charge in [0.15, 0.2) is 0 Å². The van der Waals surface area contributed by atoms with Crippen molar-refractivity contribution in [2.24, 2.45) is 0 Å². The lowest BCUT2D eigenvalue weighted by atomic mass is 10.1. The average molecular weight is 323 g/mol. The smallest absolute Gasteiger partial charge is 0.274 e. The molecule has 3 rings (SSSR count). The monoisotopic (exact) mass is 323 g/mol. The number of carbonyl (C=O) groups is 1. The van der Waals surface area contributed by atoms with Gasteiger partial charge in [-0.2, -0.15) is 0 Å². The number of carbonyl (C=O) groups excluding carboxylic acids is 1. The molecule has 0 aliphatic heterocycles. The van der Waals surface area contributed by atoms with E-state index in [1.807, 2.05) is 36.4 Å². The number of fused-ring (bicyclic) bond motifs is 1. The highest BCUT2D eigenvalue weighted by atomic mass is 16.5. The van der Waals surface area contributed by atoms with Gasteiger partial charge in [-0.15, -0.1) is 0 Å². The third-order valence-corrected chi connectivity index (χ3v) is 3.71. The molecule has 1 aromatic heterocycles. The first-order valence-corrected chi connectivity index (χ1v) is 7.41. The number of nitrogens with zero attached hydrogens (tertiary/aromatic N) is 1. The number of hydroxylamine groups is 1. The third-order valence-electron chi connectivity index (χ3n) is 3.71. The van der Waals surface area contributed by atoms with Gasteiger partial charge in [0.2, 0.25) is 0 Å². The Kier molecular flexibility index (Phi) is 4.58. The summed E-state index contributed by atoms with van der Waals surface area (Å²) in [6.07, 6.45) is 1.75. The SMILES string of the molecule is COc1cc(NCc2ccc(C(=O)NO)cc2)c2ncccc2c1. The number of hydrogen-bond acceptors (Lipinski definition) is 5. The molecule has 0 aliphatic carbocycles. The molecule has 0 unspecified atom stereocenters. The van der Waals surface area contributed by atoms with E-state index in [0.717, 1.165) is 27.9 Å². The second-order valence-corrected chi connectivity index (χ2v) is 5.24. The molecule has 1 heterocycles. The van der Waals surface area contributed by atoms with E-state index in [9.17, 15) is 4.79 Å². The predicted molar refractivity (Wildman–Crippen MR) is 91.3 cm³/mol. The molecule has 3 aromatic rings. The summed E-state index contributed by atoms with van der Waals surface area (Å²) in [6, 6.07) is 14.7. The van der Waals surface area contributed by atoms with Gasteiger partial charge in [0, 0.05) is 29.8 Å². The Balaban J connectivity index is 1.81. The Labute approximate surface area is 139 Å². The number of hydrogen-bond donors (Lipinski definition) is 3. The van der Waals surface area contributed by atoms with Gasteiger partial charge in [0.1, 0.15) is 5.75 Å². The molecule has 0 aliphatic rings. The molecule has 1 amide bonds. The largest absolute Gasteiger partial charge is 0.497 e. The number of aromatic nitrogens is 1. The van der Waals surface area contributed by atoms with E-state index in [-0.39, 0.29) is 0 Å². The molecular weight excluding hydrogens is 306 g/mol. The number of nitrogens with one attached hydrogen (secondary N) is 2. The van der Waals surface area contributed by atoms with Gasteiger partial charge < -0.3 is 10.1 Å². The molecule has 0 bridgehead atoms. The molecule has 6 nitrogen and oxygen atoms in total. The van der Waals surface area contributed by atoms with Gasteiger partial charge in [-0.1, -0.05) is 18.2 Å². The van der Waals surface area contributed by atoms with E-state index >= 15 is 0 Å². The number of anilines is 1. The Bertz CT molecular complexity index is 863. The van der Waals surface area contributed by atoms with Crippen molar-refractivity contribution in [3.8, 4) is 5.75 Å². The minimum absolute atomic E-state index is 0.398. The van der Waals surface area contributed by atoms with Crippen LogP contribution in [-0.4, -0.2) is 23.2 Å². The zero-order chi connectivity index (χ0) is 16.9. The fourth-order valence-electron chi connectivity index (χ4n) is 2.45. The zero-order valence-electron chi connectivity index (χ0n) is 13.1. The van der Waals surface area contributed by atoms with Crippen LogP contribution in [0.4, 0.5) is 5.69 Å². The first-order chi connectivity index (χ1) is 11.7. The third kappa shape index (κ3) is 3.28. The van der Waals surface area contributed by atoms with Crippen LogP contribution in [0.3, 0.4) is 0 Å². The van der Waals surface area contributed by atoms with Crippen LogP contribution in [0.1, 0.15) is 15.9 Å². The average Bonchev–Trinajstić information content (AvgIpc) is 2.65. The van der Waals surface area contributed by atoms with Crippen LogP contribution >= 0.6 is 0 Å². The van der Waals surface area contributed by atoms with E-state index in [1.54, 1.807) is 30.9 Å². The summed E-state index contributed by atoms with van der Waals surface area (Å²) in [5.74, 6) is 0.227. The molecule has 0 fully saturated rings. The summed E-state index contributed by atoms with van der Waals surface area (Å²) in [4.78, 5) is 15.7. The molecule has 0 saturated heterocycles. The van der Waals surface area contributed by atoms with Gasteiger partial charge >= 0.3 is 0 Å². The van der Waals surface area contributed by atoms with Crippen molar-refractivity contribution in [3.63, 3.8) is 0 Å². The molecule has 0 saturated carbocycles. The fourth-order valence-corrected chi connectivity index (χ4v) is 2.45. The van der Waals surface area contributed by atoms with E-state index in [4.69, 9.17) is 9.94 Å². The maximum Gasteiger partial charge on any atom is 0.274 e. The highest BCUT2D eigenvalue weighted by Crippen LogP contribution is 2.28. The summed E-state index contributed by atoms with van der Waals surface area (Å²) < 4.78 is 5.33. The lowest BCUT2D eigenvalue weighted by Gasteiger charge is -2.11. The second-order valence-electron chi connectivity index (χ2n) is 5.24. The Morgan fingerprint density at radius 2 is 2.00 bits per heavy atom. The summed E-state index contributed by atoms with van der Waals surface area (Å²) in [6.45, 7) is 0.569. The number of ether oxygens (including phenoxy) is 1. The van der Waals surface area contributed by atoms with E-state index in [0.29, 0.717) is 12.1 Å². The standard InChI is InChI=1S/C18H17N3O3/c1-24-15-9-14-3-2-8-19-17(14)16(10-15)20-11-12-4-6-13(7-5-12)18(22)21-23/h2-10,20,23H,11H2,1H3,(H,21,22). The minimum atomic E-state index is -0.530. The van der Waals surface area contributed by atoms with Gasteiger partial charge in [0.05, 0.1) is 18.3 Å². The van der Waals surface area contributed by atoms with Crippen molar-refractivity contribution < 1.29 is 14.7 Å². The predicted octanol–water partition coefficient (Wildman–Crippen LogP) is 2.97. The van der Waals surface area contributed by atoms with Crippen LogP contribution in [0.2, 0.25) is 0 Å². The summed E-state index contributed by atoms with van der Waals surface area (Å²) in [5, 5.41) is 13.0. The first-order valence-electron chi connectivity index (χ1n) is 7.41. The molecule has 0 atom stereocenters. The lowest BCUT2D eigenvalue weighted by Crippen LogP contribution is -2.18. The quantitative estimate of drug-likeness (QED) is 0.496. The molecule has 122 valence electrons. The number of benzene rings is 2. The molecule has 3 N–H and O–H groups in total. The highest BCUT2D eigenvalue weighted by Gasteiger charge is 2.07. The van der Waals surface area contributed by atoms with Gasteiger partial charge in [-0.05, 0) is 29.8 Å². The number of rotatable bonds is 5. The summed E-state index contributed by atoms with van der Waals surface area (Å²) in [7, 11) is 1.63. The van der Waals surface area contributed by atoms with Gasteiger partial charge in [0.25, 0.3) is 5.91 Å². The Hall–Kier alpha value is -3.12. The molecule has 24 heavy (non-hydrogen) atoms.